The first-order valence-electron chi connectivity index (χ1n) is 9.82. The number of carbonyl (C=O) groups excluding carboxylic acids is 1. The molecular formula is C23H22F3N3O3. The Morgan fingerprint density at radius 3 is 2.50 bits per heavy atom. The van der Waals surface area contributed by atoms with Gasteiger partial charge in [0.15, 0.2) is 0 Å². The number of methoxy groups -OCH3 is 1. The molecule has 1 unspecified atom stereocenters. The van der Waals surface area contributed by atoms with Crippen LogP contribution in [0, 0.1) is 0 Å². The Hall–Kier alpha value is -3.46. The van der Waals surface area contributed by atoms with Crippen molar-refractivity contribution in [2.24, 2.45) is 0 Å². The SMILES string of the molecule is COCCC(NC(=O)c1cnc(OCc2ccccc2)cn1)c1cccc(C(F)(F)F)c1. The van der Waals surface area contributed by atoms with Crippen LogP contribution in [0.25, 0.3) is 0 Å². The molecule has 0 spiro atoms. The molecule has 0 saturated carbocycles. The number of nitrogens with one attached hydrogen (secondary N) is 1. The van der Waals surface area contributed by atoms with Crippen LogP contribution in [0.5, 0.6) is 5.88 Å². The first kappa shape index (κ1) is 23.2. The molecule has 0 saturated heterocycles. The van der Waals surface area contributed by atoms with Crippen molar-refractivity contribution >= 4 is 5.91 Å². The second-order valence-electron chi connectivity index (χ2n) is 6.94. The van der Waals surface area contributed by atoms with E-state index in [1.54, 1.807) is 0 Å². The predicted octanol–water partition coefficient (Wildman–Crippen LogP) is 4.58. The second kappa shape index (κ2) is 10.7. The van der Waals surface area contributed by atoms with E-state index in [1.807, 2.05) is 30.3 Å². The summed E-state index contributed by atoms with van der Waals surface area (Å²) >= 11 is 0. The van der Waals surface area contributed by atoms with Crippen molar-refractivity contribution in [1.29, 1.82) is 0 Å². The van der Waals surface area contributed by atoms with Crippen molar-refractivity contribution in [3.05, 3.63) is 89.4 Å². The summed E-state index contributed by atoms with van der Waals surface area (Å²) in [4.78, 5) is 20.8. The molecule has 0 aliphatic rings. The van der Waals surface area contributed by atoms with Gasteiger partial charge in [0, 0.05) is 13.7 Å². The molecule has 3 rings (SSSR count). The summed E-state index contributed by atoms with van der Waals surface area (Å²) < 4.78 is 49.8. The fourth-order valence-corrected chi connectivity index (χ4v) is 2.96. The van der Waals surface area contributed by atoms with E-state index in [1.165, 1.54) is 31.6 Å². The zero-order valence-corrected chi connectivity index (χ0v) is 17.3. The van der Waals surface area contributed by atoms with Crippen LogP contribution in [0.15, 0.2) is 67.0 Å². The summed E-state index contributed by atoms with van der Waals surface area (Å²) in [5, 5.41) is 2.71. The minimum atomic E-state index is -4.48. The number of rotatable bonds is 9. The highest BCUT2D eigenvalue weighted by molar-refractivity contribution is 5.92. The van der Waals surface area contributed by atoms with Crippen LogP contribution in [-0.4, -0.2) is 29.6 Å². The molecule has 1 aromatic heterocycles. The van der Waals surface area contributed by atoms with Gasteiger partial charge in [0.05, 0.1) is 24.0 Å². The van der Waals surface area contributed by atoms with Crippen molar-refractivity contribution < 1.29 is 27.4 Å². The largest absolute Gasteiger partial charge is 0.472 e. The smallest absolute Gasteiger partial charge is 0.416 e. The Labute approximate surface area is 183 Å². The monoisotopic (exact) mass is 445 g/mol. The lowest BCUT2D eigenvalue weighted by atomic mass is 10.0. The van der Waals surface area contributed by atoms with E-state index in [0.717, 1.165) is 17.7 Å². The van der Waals surface area contributed by atoms with Gasteiger partial charge in [0.25, 0.3) is 5.91 Å². The number of halogens is 3. The standard InChI is InChI=1S/C23H22F3N3O3/c1-31-11-10-19(17-8-5-9-18(12-17)23(24,25)26)29-22(30)20-13-28-21(14-27-20)32-15-16-6-3-2-4-7-16/h2-9,12-14,19H,10-11,15H2,1H3,(H,29,30). The topological polar surface area (TPSA) is 73.3 Å². The highest BCUT2D eigenvalue weighted by Crippen LogP contribution is 2.31. The van der Waals surface area contributed by atoms with Gasteiger partial charge in [-0.25, -0.2) is 9.97 Å². The highest BCUT2D eigenvalue weighted by Gasteiger charge is 2.31. The molecule has 0 radical (unpaired) electrons. The summed E-state index contributed by atoms with van der Waals surface area (Å²) in [5.41, 5.74) is 0.511. The molecule has 0 aliphatic carbocycles. The van der Waals surface area contributed by atoms with E-state index in [4.69, 9.17) is 9.47 Å². The van der Waals surface area contributed by atoms with Crippen molar-refractivity contribution in [2.75, 3.05) is 13.7 Å². The lowest BCUT2D eigenvalue weighted by molar-refractivity contribution is -0.137. The molecule has 0 fully saturated rings. The van der Waals surface area contributed by atoms with Crippen molar-refractivity contribution in [1.82, 2.24) is 15.3 Å². The number of ether oxygens (including phenoxy) is 2. The maximum absolute atomic E-state index is 13.1. The number of aromatic nitrogens is 2. The van der Waals surface area contributed by atoms with E-state index in [-0.39, 0.29) is 24.6 Å². The summed E-state index contributed by atoms with van der Waals surface area (Å²) in [6.45, 7) is 0.550. The molecule has 9 heteroatoms. The van der Waals surface area contributed by atoms with Crippen molar-refractivity contribution in [3.63, 3.8) is 0 Å². The Kier molecular flexibility index (Phi) is 7.77. The predicted molar refractivity (Wildman–Crippen MR) is 111 cm³/mol. The molecule has 0 aliphatic heterocycles. The van der Waals surface area contributed by atoms with E-state index in [2.05, 4.69) is 15.3 Å². The molecule has 6 nitrogen and oxygen atoms in total. The fraction of sp³-hybridized carbons (Fsp3) is 0.261. The average Bonchev–Trinajstić information content (AvgIpc) is 2.81. The number of hydrogen-bond acceptors (Lipinski definition) is 5. The number of hydrogen-bond donors (Lipinski definition) is 1. The number of amides is 1. The molecule has 2 aromatic carbocycles. The number of carbonyl (C=O) groups is 1. The van der Waals surface area contributed by atoms with Crippen molar-refractivity contribution in [3.8, 4) is 5.88 Å². The minimum Gasteiger partial charge on any atom is -0.472 e. The van der Waals surface area contributed by atoms with Gasteiger partial charge in [-0.3, -0.25) is 4.79 Å². The molecule has 32 heavy (non-hydrogen) atoms. The van der Waals surface area contributed by atoms with Gasteiger partial charge in [0.2, 0.25) is 5.88 Å². The molecule has 168 valence electrons. The van der Waals surface area contributed by atoms with Crippen LogP contribution >= 0.6 is 0 Å². The summed E-state index contributed by atoms with van der Waals surface area (Å²) in [6.07, 6.45) is -1.61. The molecule has 1 heterocycles. The van der Waals surface area contributed by atoms with Gasteiger partial charge >= 0.3 is 6.18 Å². The maximum atomic E-state index is 13.1. The zero-order chi connectivity index (χ0) is 23.0. The summed E-state index contributed by atoms with van der Waals surface area (Å²) in [7, 11) is 1.48. The van der Waals surface area contributed by atoms with E-state index < -0.39 is 23.7 Å². The summed E-state index contributed by atoms with van der Waals surface area (Å²) in [6, 6.07) is 13.6. The molecule has 0 bridgehead atoms. The maximum Gasteiger partial charge on any atom is 0.416 e. The molecule has 1 atom stereocenters. The van der Waals surface area contributed by atoms with E-state index in [9.17, 15) is 18.0 Å². The fourth-order valence-electron chi connectivity index (χ4n) is 2.96. The van der Waals surface area contributed by atoms with Crippen LogP contribution in [0.1, 0.15) is 39.6 Å². The Bertz CT molecular complexity index is 1010. The van der Waals surface area contributed by atoms with E-state index in [0.29, 0.717) is 12.2 Å². The van der Waals surface area contributed by atoms with Crippen LogP contribution in [0.3, 0.4) is 0 Å². The van der Waals surface area contributed by atoms with Gasteiger partial charge in [0.1, 0.15) is 12.3 Å². The average molecular weight is 445 g/mol. The third kappa shape index (κ3) is 6.52. The molecule has 1 N–H and O–H groups in total. The molecular weight excluding hydrogens is 423 g/mol. The Balaban J connectivity index is 1.68. The van der Waals surface area contributed by atoms with Crippen LogP contribution in [0.2, 0.25) is 0 Å². The van der Waals surface area contributed by atoms with Crippen LogP contribution < -0.4 is 10.1 Å². The third-order valence-corrected chi connectivity index (χ3v) is 4.62. The summed E-state index contributed by atoms with van der Waals surface area (Å²) in [5.74, 6) is -0.315. The Morgan fingerprint density at radius 1 is 1.06 bits per heavy atom. The lowest BCUT2D eigenvalue weighted by Gasteiger charge is -2.20. The van der Waals surface area contributed by atoms with Gasteiger partial charge < -0.3 is 14.8 Å². The molecule has 3 aromatic rings. The van der Waals surface area contributed by atoms with Gasteiger partial charge in [-0.05, 0) is 29.7 Å². The van der Waals surface area contributed by atoms with Crippen molar-refractivity contribution in [2.45, 2.75) is 25.2 Å². The first-order chi connectivity index (χ1) is 15.4. The quantitative estimate of drug-likeness (QED) is 0.522. The first-order valence-corrected chi connectivity index (χ1v) is 9.82. The van der Waals surface area contributed by atoms with Gasteiger partial charge in [-0.2, -0.15) is 13.2 Å². The second-order valence-corrected chi connectivity index (χ2v) is 6.94. The highest BCUT2D eigenvalue weighted by atomic mass is 19.4. The van der Waals surface area contributed by atoms with E-state index >= 15 is 0 Å². The number of benzene rings is 2. The number of nitrogens with zero attached hydrogens (tertiary/aromatic N) is 2. The van der Waals surface area contributed by atoms with Gasteiger partial charge in [-0.1, -0.05) is 42.5 Å². The minimum absolute atomic E-state index is 0.0199. The molecule has 1 amide bonds. The van der Waals surface area contributed by atoms with Crippen LogP contribution in [0.4, 0.5) is 13.2 Å². The zero-order valence-electron chi connectivity index (χ0n) is 17.3. The normalized spacial score (nSPS) is 12.2. The third-order valence-electron chi connectivity index (χ3n) is 4.62. The Morgan fingerprint density at radius 2 is 1.84 bits per heavy atom. The lowest BCUT2D eigenvalue weighted by Crippen LogP contribution is -2.30. The van der Waals surface area contributed by atoms with Crippen LogP contribution in [-0.2, 0) is 17.5 Å². The number of alkyl halides is 3. The van der Waals surface area contributed by atoms with Gasteiger partial charge in [-0.15, -0.1) is 0 Å².